The van der Waals surface area contributed by atoms with E-state index in [1.54, 1.807) is 7.11 Å². The number of nitrogens with one attached hydrogen (secondary N) is 1. The quantitative estimate of drug-likeness (QED) is 0.288. The molecular weight excluding hydrogens is 697 g/mol. The number of hydrogen-bond donors (Lipinski definition) is 3. The Morgan fingerprint density at radius 2 is 1.75 bits per heavy atom. The fourth-order valence-electron chi connectivity index (χ4n) is 13.7. The molecule has 4 fully saturated rings. The number of carbonyl (C=O) groups excluding carboxylic acids is 2. The maximum Gasteiger partial charge on any atom is 0.340 e. The molecule has 6 heterocycles. The van der Waals surface area contributed by atoms with Crippen molar-refractivity contribution in [2.24, 2.45) is 11.3 Å². The van der Waals surface area contributed by atoms with Gasteiger partial charge in [0.15, 0.2) is 5.60 Å². The number of methoxy groups -OCH3 is 3. The van der Waals surface area contributed by atoms with Crippen LogP contribution in [0.2, 0.25) is 0 Å². The zero-order valence-electron chi connectivity index (χ0n) is 33.3. The van der Waals surface area contributed by atoms with Gasteiger partial charge in [-0.3, -0.25) is 9.69 Å². The summed E-state index contributed by atoms with van der Waals surface area (Å²) in [5.74, 6) is -0.399. The minimum absolute atomic E-state index is 0.00843. The first-order valence-electron chi connectivity index (χ1n) is 20.5. The first-order valence-corrected chi connectivity index (χ1v) is 20.5. The summed E-state index contributed by atoms with van der Waals surface area (Å²) in [6, 6.07) is 11.7. The average molecular weight is 755 g/mol. The summed E-state index contributed by atoms with van der Waals surface area (Å²) >= 11 is 0. The highest BCUT2D eigenvalue weighted by Gasteiger charge is 2.75. The van der Waals surface area contributed by atoms with E-state index < -0.39 is 39.5 Å². The number of para-hydroxylation sites is 1. The fourth-order valence-corrected chi connectivity index (χ4v) is 13.7. The van der Waals surface area contributed by atoms with Crippen molar-refractivity contribution in [2.75, 3.05) is 71.3 Å². The van der Waals surface area contributed by atoms with Gasteiger partial charge in [-0.2, -0.15) is 0 Å². The number of nitrogens with zero attached hydrogens (tertiary/aromatic N) is 3. The molecule has 1 spiro atoms. The Hall–Kier alpha value is -3.64. The molecule has 2 aromatic carbocycles. The van der Waals surface area contributed by atoms with Gasteiger partial charge in [0.05, 0.1) is 39.0 Å². The lowest BCUT2D eigenvalue weighted by Gasteiger charge is -2.60. The number of esters is 2. The van der Waals surface area contributed by atoms with Crippen molar-refractivity contribution in [3.63, 3.8) is 0 Å². The van der Waals surface area contributed by atoms with Crippen LogP contribution in [0.5, 0.6) is 5.75 Å². The summed E-state index contributed by atoms with van der Waals surface area (Å²) in [5, 5.41) is 28.7. The van der Waals surface area contributed by atoms with Crippen molar-refractivity contribution in [1.82, 2.24) is 9.80 Å². The maximum absolute atomic E-state index is 15.3. The first kappa shape index (κ1) is 37.0. The van der Waals surface area contributed by atoms with Gasteiger partial charge in [0.25, 0.3) is 0 Å². The largest absolute Gasteiger partial charge is 0.496 e. The number of piperidine rings is 1. The topological polar surface area (TPSA) is 124 Å². The van der Waals surface area contributed by atoms with Crippen LogP contribution in [0.1, 0.15) is 81.4 Å². The molecule has 0 aromatic heterocycles. The summed E-state index contributed by atoms with van der Waals surface area (Å²) in [5.41, 5.74) is -0.136. The van der Waals surface area contributed by atoms with E-state index in [4.69, 9.17) is 14.2 Å². The molecule has 296 valence electrons. The zero-order chi connectivity index (χ0) is 38.7. The predicted molar refractivity (Wildman–Crippen MR) is 210 cm³/mol. The number of likely N-dealkylation sites (N-methyl/N-ethyl adjacent to an activating group) is 1. The third-order valence-electron chi connectivity index (χ3n) is 15.7. The second-order valence-electron chi connectivity index (χ2n) is 18.0. The van der Waals surface area contributed by atoms with Gasteiger partial charge < -0.3 is 39.5 Å². The number of benzene rings is 2. The Balaban J connectivity index is 1.32. The molecule has 2 bridgehead atoms. The van der Waals surface area contributed by atoms with Crippen molar-refractivity contribution in [1.29, 1.82) is 0 Å². The molecule has 3 N–H and O–H groups in total. The van der Waals surface area contributed by atoms with Gasteiger partial charge in [-0.05, 0) is 87.2 Å². The van der Waals surface area contributed by atoms with Crippen molar-refractivity contribution in [3.8, 4) is 5.75 Å². The molecule has 3 saturated heterocycles. The maximum atomic E-state index is 15.3. The van der Waals surface area contributed by atoms with Crippen LogP contribution in [0.3, 0.4) is 0 Å². The lowest BCUT2D eigenvalue weighted by molar-refractivity contribution is -0.181. The van der Waals surface area contributed by atoms with E-state index >= 15 is 4.79 Å². The standard InChI is InChI=1S/C44H58N4O7/c1-7-40-15-11-17-48-19-16-42(36(40)48)30-20-31(34(53-4)21-33(30)46(3)37(42)44(52,25-40)39(50)55-6)43(38(49)54-5)23-27-22-41(51,8-2)26-47(24-27)18-14-29-28-12-9-10-13-32(28)45-35(29)43/h9-13,15,20-21,27,29,35-37,45,51-52H,7-8,14,16-19,22-26H2,1-6H3/t27-,29+,35+,36-,37+,40-,41-,42+,43-,44+/m0/s1. The molecule has 9 rings (SSSR count). The molecule has 11 nitrogen and oxygen atoms in total. The number of carbonyl (C=O) groups is 2. The smallest absolute Gasteiger partial charge is 0.340 e. The number of aliphatic hydroxyl groups is 2. The Morgan fingerprint density at radius 1 is 0.964 bits per heavy atom. The average Bonchev–Trinajstić information content (AvgIpc) is 3.85. The summed E-state index contributed by atoms with van der Waals surface area (Å²) in [6.45, 7) is 8.03. The van der Waals surface area contributed by atoms with Gasteiger partial charge in [-0.1, -0.05) is 44.2 Å². The highest BCUT2D eigenvalue weighted by molar-refractivity contribution is 5.90. The van der Waals surface area contributed by atoms with Crippen LogP contribution in [0.25, 0.3) is 0 Å². The highest BCUT2D eigenvalue weighted by Crippen LogP contribution is 2.68. The van der Waals surface area contributed by atoms with Crippen LogP contribution in [-0.4, -0.2) is 122 Å². The van der Waals surface area contributed by atoms with E-state index in [1.165, 1.54) is 19.8 Å². The number of rotatable bonds is 6. The molecule has 2 aromatic rings. The Bertz CT molecular complexity index is 1940. The Morgan fingerprint density at radius 3 is 2.47 bits per heavy atom. The van der Waals surface area contributed by atoms with Crippen LogP contribution < -0.4 is 15.0 Å². The van der Waals surface area contributed by atoms with E-state index in [0.717, 1.165) is 67.9 Å². The zero-order valence-corrected chi connectivity index (χ0v) is 33.3. The van der Waals surface area contributed by atoms with E-state index in [0.29, 0.717) is 31.6 Å². The van der Waals surface area contributed by atoms with Crippen LogP contribution in [-0.2, 0) is 29.9 Å². The fraction of sp³-hybridized carbons (Fsp3) is 0.636. The third-order valence-corrected chi connectivity index (χ3v) is 15.7. The molecule has 55 heavy (non-hydrogen) atoms. The molecule has 1 saturated carbocycles. The number of anilines is 2. The second kappa shape index (κ2) is 12.7. The minimum Gasteiger partial charge on any atom is -0.496 e. The van der Waals surface area contributed by atoms with E-state index in [2.05, 4.69) is 70.3 Å². The summed E-state index contributed by atoms with van der Waals surface area (Å²) in [6.07, 6.45) is 8.66. The second-order valence-corrected chi connectivity index (χ2v) is 18.0. The number of fused-ring (bicyclic) bond motifs is 6. The molecule has 1 aliphatic carbocycles. The SMILES string of the molecule is CC[C@]1(O)C[C@@H]2CN(CC[C@@H]3c4ccccc4N[C@H]3[C@@](C(=O)OC)(c3cc4c(cc3OC)N(C)[C@@H]3[C@]45CCN4CC=C[C@@](CC)(C[C@]3(O)C(=O)OC)[C@H]45)C2)C1. The normalized spacial score (nSPS) is 41.0. The molecule has 0 amide bonds. The van der Waals surface area contributed by atoms with Gasteiger partial charge in [0.2, 0.25) is 0 Å². The Kier molecular flexibility index (Phi) is 8.52. The predicted octanol–water partition coefficient (Wildman–Crippen LogP) is 4.35. The Labute approximate surface area is 325 Å². The van der Waals surface area contributed by atoms with Gasteiger partial charge in [-0.15, -0.1) is 0 Å². The van der Waals surface area contributed by atoms with Crippen LogP contribution >= 0.6 is 0 Å². The van der Waals surface area contributed by atoms with Gasteiger partial charge >= 0.3 is 11.9 Å². The molecular formula is C44H58N4O7. The van der Waals surface area contributed by atoms with Crippen molar-refractivity contribution in [2.45, 2.75) is 105 Å². The summed E-state index contributed by atoms with van der Waals surface area (Å²) in [7, 11) is 6.50. The van der Waals surface area contributed by atoms with Crippen LogP contribution in [0.15, 0.2) is 48.6 Å². The molecule has 7 aliphatic rings. The van der Waals surface area contributed by atoms with Crippen LogP contribution in [0, 0.1) is 11.3 Å². The minimum atomic E-state index is -1.80. The lowest BCUT2D eigenvalue weighted by Crippen LogP contribution is -2.74. The van der Waals surface area contributed by atoms with Gasteiger partial charge in [0, 0.05) is 72.5 Å². The number of ether oxygens (including phenoxy) is 3. The first-order chi connectivity index (χ1) is 26.4. The summed E-state index contributed by atoms with van der Waals surface area (Å²) < 4.78 is 17.8. The summed E-state index contributed by atoms with van der Waals surface area (Å²) in [4.78, 5) is 36.3. The van der Waals surface area contributed by atoms with Crippen molar-refractivity contribution in [3.05, 3.63) is 65.2 Å². The molecule has 0 radical (unpaired) electrons. The van der Waals surface area contributed by atoms with Gasteiger partial charge in [0.1, 0.15) is 11.2 Å². The number of hydrogen-bond acceptors (Lipinski definition) is 11. The van der Waals surface area contributed by atoms with Crippen molar-refractivity contribution < 1.29 is 34.0 Å². The van der Waals surface area contributed by atoms with Crippen molar-refractivity contribution >= 4 is 23.3 Å². The third kappa shape index (κ3) is 4.82. The molecule has 1 unspecified atom stereocenters. The van der Waals surface area contributed by atoms with E-state index in [1.807, 2.05) is 19.2 Å². The highest BCUT2D eigenvalue weighted by atomic mass is 16.5. The van der Waals surface area contributed by atoms with E-state index in [-0.39, 0.29) is 36.3 Å². The molecule has 11 heteroatoms. The lowest BCUT2D eigenvalue weighted by atomic mass is 9.49. The molecule has 11 atom stereocenters. The monoisotopic (exact) mass is 754 g/mol. The van der Waals surface area contributed by atoms with Gasteiger partial charge in [-0.25, -0.2) is 4.79 Å². The van der Waals surface area contributed by atoms with E-state index in [9.17, 15) is 15.0 Å². The van der Waals surface area contributed by atoms with Crippen LogP contribution in [0.4, 0.5) is 11.4 Å². The molecule has 6 aliphatic heterocycles.